The number of unbranched alkanes of at least 4 members (excludes halogenated alkanes) is 33. The monoisotopic (exact) mass is 933 g/mol. The van der Waals surface area contributed by atoms with Gasteiger partial charge in [-0.15, -0.1) is 0 Å². The van der Waals surface area contributed by atoms with E-state index in [1.807, 2.05) is 24.5 Å². The summed E-state index contributed by atoms with van der Waals surface area (Å²) in [4.78, 5) is 18.5. The van der Waals surface area contributed by atoms with E-state index in [1.54, 1.807) is 0 Å². The Labute approximate surface area is 414 Å². The fourth-order valence-corrected chi connectivity index (χ4v) is 9.92. The van der Waals surface area contributed by atoms with E-state index in [2.05, 4.69) is 50.0 Å². The van der Waals surface area contributed by atoms with Crippen molar-refractivity contribution < 1.29 is 14.2 Å². The molecule has 0 aliphatic heterocycles. The number of aromatic nitrogens is 4. The van der Waals surface area contributed by atoms with Crippen molar-refractivity contribution in [2.75, 3.05) is 19.8 Å². The third kappa shape index (κ3) is 20.2. The highest BCUT2D eigenvalue weighted by Gasteiger charge is 2.21. The van der Waals surface area contributed by atoms with Crippen LogP contribution in [0.3, 0.4) is 0 Å². The molecule has 0 aliphatic rings. The molecule has 0 unspecified atom stereocenters. The van der Waals surface area contributed by atoms with Crippen LogP contribution in [0.5, 0.6) is 17.2 Å². The van der Waals surface area contributed by atoms with Gasteiger partial charge in [-0.2, -0.15) is 0 Å². The minimum absolute atomic E-state index is 0.654. The van der Waals surface area contributed by atoms with Gasteiger partial charge in [-0.1, -0.05) is 233 Å². The van der Waals surface area contributed by atoms with Crippen LogP contribution in [0.4, 0.5) is 0 Å². The predicted octanol–water partition coefficient (Wildman–Crippen LogP) is 19.6. The summed E-state index contributed by atoms with van der Waals surface area (Å²) in [5, 5.41) is 2.01. The van der Waals surface area contributed by atoms with Gasteiger partial charge in [0.25, 0.3) is 0 Å². The van der Waals surface area contributed by atoms with Gasteiger partial charge < -0.3 is 19.2 Å². The number of benzene rings is 2. The predicted molar refractivity (Wildman–Crippen MR) is 292 cm³/mol. The summed E-state index contributed by atoms with van der Waals surface area (Å²) in [7, 11) is 0. The molecule has 0 bridgehead atoms. The highest BCUT2D eigenvalue weighted by Crippen LogP contribution is 2.43. The van der Waals surface area contributed by atoms with E-state index >= 15 is 0 Å². The Balaban J connectivity index is 1.26. The van der Waals surface area contributed by atoms with Crippen molar-refractivity contribution in [2.24, 2.45) is 0 Å². The van der Waals surface area contributed by atoms with Crippen molar-refractivity contribution >= 4 is 32.8 Å². The highest BCUT2D eigenvalue weighted by atomic mass is 16.5. The Morgan fingerprint density at radius 3 is 1.12 bits per heavy atom. The van der Waals surface area contributed by atoms with E-state index in [1.165, 1.54) is 212 Å². The second kappa shape index (κ2) is 35.3. The molecule has 0 saturated heterocycles. The molecule has 5 aromatic rings. The first-order valence-corrected chi connectivity index (χ1v) is 28.8. The average molecular weight is 933 g/mol. The van der Waals surface area contributed by atoms with E-state index in [4.69, 9.17) is 29.2 Å². The van der Waals surface area contributed by atoms with E-state index in [0.29, 0.717) is 19.8 Å². The number of nitrogens with one attached hydrogen (secondary N) is 1. The Morgan fingerprint density at radius 1 is 0.382 bits per heavy atom. The zero-order valence-electron chi connectivity index (χ0n) is 43.8. The van der Waals surface area contributed by atoms with Crippen molar-refractivity contribution in [2.45, 2.75) is 252 Å². The molecule has 0 saturated carbocycles. The Morgan fingerprint density at radius 2 is 0.721 bits per heavy atom. The van der Waals surface area contributed by atoms with Crippen LogP contribution in [0.25, 0.3) is 44.2 Å². The van der Waals surface area contributed by atoms with Crippen LogP contribution in [0.15, 0.2) is 48.8 Å². The zero-order valence-corrected chi connectivity index (χ0v) is 43.8. The number of hydrogen-bond donors (Lipinski definition) is 1. The fourth-order valence-electron chi connectivity index (χ4n) is 9.92. The maximum absolute atomic E-state index is 6.76. The number of ether oxygens (including phenoxy) is 3. The third-order valence-corrected chi connectivity index (χ3v) is 14.1. The van der Waals surface area contributed by atoms with Gasteiger partial charge in [-0.25, -0.2) is 4.98 Å². The average Bonchev–Trinajstić information content (AvgIpc) is 3.83. The van der Waals surface area contributed by atoms with Gasteiger partial charge in [0.05, 0.1) is 41.9 Å². The first kappa shape index (κ1) is 55.1. The Kier molecular flexibility index (Phi) is 28.6. The number of hydrogen-bond acceptors (Lipinski definition) is 6. The number of H-pyrrole nitrogens is 1. The van der Waals surface area contributed by atoms with Crippen molar-refractivity contribution in [3.63, 3.8) is 0 Å². The quantitative estimate of drug-likeness (QED) is 0.0310. The standard InChI is InChI=1S/C61H96N4O3/c1-4-7-10-13-16-19-22-25-28-31-34-37-46-66-54-49-51(61-64-58-52-42-40-44-62-56(52)57-53(59(58)65-61)43-41-45-63-57)50-55(67-47-38-35-32-29-26-23-20-17-14-11-8-5-2)60(54)68-48-39-36-33-30-27-24-21-18-15-12-9-6-3/h40-45,49-50H,4-39,46-48H2,1-3H3,(H,64,65). The summed E-state index contributed by atoms with van der Waals surface area (Å²) < 4.78 is 20.3. The van der Waals surface area contributed by atoms with E-state index in [9.17, 15) is 0 Å². The Hall–Kier alpha value is -3.87. The van der Waals surface area contributed by atoms with Crippen LogP contribution in [-0.4, -0.2) is 39.8 Å². The lowest BCUT2D eigenvalue weighted by atomic mass is 10.1. The van der Waals surface area contributed by atoms with Crippen LogP contribution in [0, 0.1) is 0 Å². The maximum Gasteiger partial charge on any atom is 0.203 e. The highest BCUT2D eigenvalue weighted by molar-refractivity contribution is 6.21. The topological polar surface area (TPSA) is 82.2 Å². The summed E-state index contributed by atoms with van der Waals surface area (Å²) in [6, 6.07) is 12.4. The third-order valence-electron chi connectivity index (χ3n) is 14.1. The van der Waals surface area contributed by atoms with Gasteiger partial charge >= 0.3 is 0 Å². The zero-order chi connectivity index (χ0) is 47.5. The minimum Gasteiger partial charge on any atom is -0.490 e. The van der Waals surface area contributed by atoms with Gasteiger partial charge in [-0.3, -0.25) is 9.97 Å². The van der Waals surface area contributed by atoms with Gasteiger partial charge in [0.1, 0.15) is 5.82 Å². The summed E-state index contributed by atoms with van der Waals surface area (Å²) in [6.45, 7) is 8.85. The molecule has 7 nitrogen and oxygen atoms in total. The number of rotatable bonds is 43. The molecule has 68 heavy (non-hydrogen) atoms. The van der Waals surface area contributed by atoms with E-state index in [0.717, 1.165) is 80.7 Å². The molecular formula is C61H96N4O3. The molecule has 2 aromatic carbocycles. The molecule has 0 radical (unpaired) electrons. The first-order valence-electron chi connectivity index (χ1n) is 28.8. The minimum atomic E-state index is 0.654. The molecular weight excluding hydrogens is 837 g/mol. The second-order valence-corrected chi connectivity index (χ2v) is 20.1. The van der Waals surface area contributed by atoms with Gasteiger partial charge in [0.2, 0.25) is 5.75 Å². The van der Waals surface area contributed by atoms with Crippen LogP contribution >= 0.6 is 0 Å². The Bertz CT molecular complexity index is 1920. The van der Waals surface area contributed by atoms with E-state index in [-0.39, 0.29) is 0 Å². The van der Waals surface area contributed by atoms with Crippen molar-refractivity contribution in [3.8, 4) is 28.6 Å². The van der Waals surface area contributed by atoms with Crippen LogP contribution in [-0.2, 0) is 0 Å². The summed E-state index contributed by atoms with van der Waals surface area (Å²) in [6.07, 6.45) is 51.2. The van der Waals surface area contributed by atoms with Gasteiger partial charge in [0.15, 0.2) is 11.5 Å². The fraction of sp³-hybridized carbons (Fsp3) is 0.689. The number of aromatic amines is 1. The molecule has 7 heteroatoms. The van der Waals surface area contributed by atoms with Crippen molar-refractivity contribution in [3.05, 3.63) is 48.8 Å². The van der Waals surface area contributed by atoms with Crippen LogP contribution in [0.2, 0.25) is 0 Å². The maximum atomic E-state index is 6.76. The first-order chi connectivity index (χ1) is 33.7. The lowest BCUT2D eigenvalue weighted by Gasteiger charge is -2.19. The molecule has 0 fully saturated rings. The number of pyridine rings is 2. The molecule has 0 atom stereocenters. The van der Waals surface area contributed by atoms with Gasteiger partial charge in [0, 0.05) is 28.7 Å². The molecule has 5 rings (SSSR count). The molecule has 0 spiro atoms. The molecule has 3 aromatic heterocycles. The summed E-state index contributed by atoms with van der Waals surface area (Å²) in [5.41, 5.74) is 4.54. The lowest BCUT2D eigenvalue weighted by molar-refractivity contribution is 0.234. The molecule has 378 valence electrons. The number of imidazole rings is 1. The summed E-state index contributed by atoms with van der Waals surface area (Å²) in [5.74, 6) is 3.04. The summed E-state index contributed by atoms with van der Waals surface area (Å²) >= 11 is 0. The molecule has 1 N–H and O–H groups in total. The number of fused-ring (bicyclic) bond motifs is 6. The lowest BCUT2D eigenvalue weighted by Crippen LogP contribution is -2.07. The van der Waals surface area contributed by atoms with Crippen LogP contribution < -0.4 is 14.2 Å². The smallest absolute Gasteiger partial charge is 0.203 e. The normalized spacial score (nSPS) is 11.7. The van der Waals surface area contributed by atoms with Crippen LogP contribution in [0.1, 0.15) is 252 Å². The SMILES string of the molecule is CCCCCCCCCCCCCCOc1cc(-c2nc3c4cccnc4c4ncccc4c3[nH]2)cc(OCCCCCCCCCCCCCC)c1OCCCCCCCCCCCCCC. The molecule has 0 amide bonds. The van der Waals surface area contributed by atoms with Crippen molar-refractivity contribution in [1.82, 2.24) is 19.9 Å². The number of nitrogens with zero attached hydrogens (tertiary/aromatic N) is 3. The van der Waals surface area contributed by atoms with Crippen molar-refractivity contribution in [1.29, 1.82) is 0 Å². The molecule has 0 aliphatic carbocycles. The van der Waals surface area contributed by atoms with E-state index < -0.39 is 0 Å². The molecule has 3 heterocycles. The van der Waals surface area contributed by atoms with Gasteiger partial charge in [-0.05, 0) is 55.7 Å². The second-order valence-electron chi connectivity index (χ2n) is 20.1. The largest absolute Gasteiger partial charge is 0.490 e.